The molecule has 0 bridgehead atoms. The van der Waals surface area contributed by atoms with Gasteiger partial charge in [-0.05, 0) is 29.1 Å². The lowest BCUT2D eigenvalue weighted by Crippen LogP contribution is -2.21. The van der Waals surface area contributed by atoms with Gasteiger partial charge in [0.25, 0.3) is 5.91 Å². The van der Waals surface area contributed by atoms with E-state index in [-0.39, 0.29) is 5.91 Å². The second-order valence-corrected chi connectivity index (χ2v) is 4.42. The summed E-state index contributed by atoms with van der Waals surface area (Å²) >= 11 is 1.41. The number of nitriles is 1. The van der Waals surface area contributed by atoms with Crippen molar-refractivity contribution in [3.05, 3.63) is 57.8 Å². The molecule has 2 rings (SSSR count). The third kappa shape index (κ3) is 2.92. The maximum Gasteiger partial charge on any atom is 0.261 e. The first-order chi connectivity index (χ1) is 8.29. The largest absolute Gasteiger partial charge is 0.347 e. The number of carbonyl (C=O) groups excluding carboxylic acids is 1. The van der Waals surface area contributed by atoms with Crippen LogP contribution >= 0.6 is 11.3 Å². The van der Waals surface area contributed by atoms with Crippen LogP contribution in [0.1, 0.15) is 20.8 Å². The van der Waals surface area contributed by atoms with Crippen molar-refractivity contribution in [1.29, 1.82) is 5.26 Å². The summed E-state index contributed by atoms with van der Waals surface area (Å²) in [5.41, 5.74) is 1.53. The van der Waals surface area contributed by atoms with E-state index >= 15 is 0 Å². The van der Waals surface area contributed by atoms with Crippen LogP contribution in [0.4, 0.5) is 0 Å². The molecule has 1 aromatic carbocycles. The van der Waals surface area contributed by atoms with Gasteiger partial charge < -0.3 is 5.32 Å². The van der Waals surface area contributed by atoms with E-state index in [0.717, 1.165) is 5.56 Å². The van der Waals surface area contributed by atoms with Gasteiger partial charge in [-0.2, -0.15) is 5.26 Å². The lowest BCUT2D eigenvalue weighted by atomic mass is 10.1. The van der Waals surface area contributed by atoms with E-state index in [1.54, 1.807) is 18.2 Å². The van der Waals surface area contributed by atoms with Crippen molar-refractivity contribution in [2.75, 3.05) is 0 Å². The van der Waals surface area contributed by atoms with Crippen molar-refractivity contribution >= 4 is 17.2 Å². The van der Waals surface area contributed by atoms with Gasteiger partial charge in [0.1, 0.15) is 0 Å². The number of amides is 1. The minimum Gasteiger partial charge on any atom is -0.347 e. The fourth-order valence-corrected chi connectivity index (χ4v) is 2.07. The quantitative estimate of drug-likeness (QED) is 0.899. The van der Waals surface area contributed by atoms with Crippen molar-refractivity contribution in [2.24, 2.45) is 0 Å². The maximum atomic E-state index is 11.7. The van der Waals surface area contributed by atoms with Crippen molar-refractivity contribution in [3.8, 4) is 6.07 Å². The number of nitrogens with zero attached hydrogens (tertiary/aromatic N) is 1. The highest BCUT2D eigenvalue weighted by molar-refractivity contribution is 7.12. The molecule has 1 N–H and O–H groups in total. The summed E-state index contributed by atoms with van der Waals surface area (Å²) in [7, 11) is 0. The highest BCUT2D eigenvalue weighted by Gasteiger charge is 2.05. The van der Waals surface area contributed by atoms with Crippen LogP contribution in [0.5, 0.6) is 0 Å². The summed E-state index contributed by atoms with van der Waals surface area (Å²) in [6.45, 7) is 0.437. The summed E-state index contributed by atoms with van der Waals surface area (Å²) in [4.78, 5) is 12.4. The van der Waals surface area contributed by atoms with E-state index in [1.165, 1.54) is 11.3 Å². The van der Waals surface area contributed by atoms with E-state index in [0.29, 0.717) is 17.0 Å². The molecule has 17 heavy (non-hydrogen) atoms. The molecule has 1 aromatic heterocycles. The number of carbonyl (C=O) groups is 1. The molecule has 3 nitrogen and oxygen atoms in total. The summed E-state index contributed by atoms with van der Waals surface area (Å²) in [6.07, 6.45) is 0. The summed E-state index contributed by atoms with van der Waals surface area (Å²) in [5, 5.41) is 13.4. The van der Waals surface area contributed by atoms with Crippen LogP contribution in [-0.2, 0) is 6.54 Å². The second-order valence-electron chi connectivity index (χ2n) is 3.47. The SMILES string of the molecule is N#Cc1cccc(CNC(=O)c2cccs2)c1. The molecule has 0 aliphatic rings. The molecule has 0 spiro atoms. The molecule has 1 amide bonds. The second kappa shape index (κ2) is 5.28. The monoisotopic (exact) mass is 242 g/mol. The third-order valence-corrected chi connectivity index (χ3v) is 3.12. The Morgan fingerprint density at radius 3 is 2.94 bits per heavy atom. The predicted octanol–water partition coefficient (Wildman–Crippen LogP) is 2.55. The van der Waals surface area contributed by atoms with Crippen molar-refractivity contribution < 1.29 is 4.79 Å². The molecule has 0 saturated carbocycles. The molecule has 1 heterocycles. The van der Waals surface area contributed by atoms with Gasteiger partial charge in [0, 0.05) is 6.54 Å². The van der Waals surface area contributed by atoms with Gasteiger partial charge in [0.05, 0.1) is 16.5 Å². The van der Waals surface area contributed by atoms with Crippen molar-refractivity contribution in [1.82, 2.24) is 5.32 Å². The zero-order chi connectivity index (χ0) is 12.1. The van der Waals surface area contributed by atoms with Gasteiger partial charge >= 0.3 is 0 Å². The first-order valence-electron chi connectivity index (χ1n) is 5.10. The van der Waals surface area contributed by atoms with Crippen LogP contribution in [0.25, 0.3) is 0 Å². The Hall–Kier alpha value is -2.12. The molecule has 0 atom stereocenters. The van der Waals surface area contributed by atoms with E-state index in [2.05, 4.69) is 11.4 Å². The maximum absolute atomic E-state index is 11.7. The first kappa shape index (κ1) is 11.4. The van der Waals surface area contributed by atoms with Gasteiger partial charge in [0.15, 0.2) is 0 Å². The Labute approximate surface area is 103 Å². The van der Waals surface area contributed by atoms with Crippen LogP contribution in [0, 0.1) is 11.3 Å². The Kier molecular flexibility index (Phi) is 3.53. The van der Waals surface area contributed by atoms with Gasteiger partial charge in [-0.3, -0.25) is 4.79 Å². The molecule has 2 aromatic rings. The van der Waals surface area contributed by atoms with Gasteiger partial charge in [-0.25, -0.2) is 0 Å². The van der Waals surface area contributed by atoms with Gasteiger partial charge in [-0.15, -0.1) is 11.3 Å². The van der Waals surface area contributed by atoms with E-state index in [9.17, 15) is 4.79 Å². The minimum absolute atomic E-state index is 0.0811. The number of nitrogens with one attached hydrogen (secondary N) is 1. The normalized spacial score (nSPS) is 9.59. The van der Waals surface area contributed by atoms with Crippen LogP contribution < -0.4 is 5.32 Å². The van der Waals surface area contributed by atoms with Crippen LogP contribution in [-0.4, -0.2) is 5.91 Å². The minimum atomic E-state index is -0.0811. The van der Waals surface area contributed by atoms with Crippen LogP contribution in [0.2, 0.25) is 0 Å². The molecule has 84 valence electrons. The summed E-state index contributed by atoms with van der Waals surface area (Å²) in [5.74, 6) is -0.0811. The third-order valence-electron chi connectivity index (χ3n) is 2.25. The molecule has 0 aliphatic carbocycles. The molecule has 0 fully saturated rings. The van der Waals surface area contributed by atoms with Crippen molar-refractivity contribution in [3.63, 3.8) is 0 Å². The van der Waals surface area contributed by atoms with Gasteiger partial charge in [0.2, 0.25) is 0 Å². The molecule has 0 unspecified atom stereocenters. The fraction of sp³-hybridized carbons (Fsp3) is 0.0769. The molecule has 0 aliphatic heterocycles. The highest BCUT2D eigenvalue weighted by atomic mass is 32.1. The van der Waals surface area contributed by atoms with E-state index < -0.39 is 0 Å². The van der Waals surface area contributed by atoms with Crippen molar-refractivity contribution in [2.45, 2.75) is 6.54 Å². The number of rotatable bonds is 3. The highest BCUT2D eigenvalue weighted by Crippen LogP contribution is 2.09. The lowest BCUT2D eigenvalue weighted by Gasteiger charge is -2.03. The van der Waals surface area contributed by atoms with Crippen LogP contribution in [0.15, 0.2) is 41.8 Å². The topological polar surface area (TPSA) is 52.9 Å². The Balaban J connectivity index is 1.98. The predicted molar refractivity (Wildman–Crippen MR) is 66.6 cm³/mol. The fourth-order valence-electron chi connectivity index (χ4n) is 1.43. The average molecular weight is 242 g/mol. The Morgan fingerprint density at radius 1 is 1.35 bits per heavy atom. The zero-order valence-electron chi connectivity index (χ0n) is 9.01. The average Bonchev–Trinajstić information content (AvgIpc) is 2.90. The summed E-state index contributed by atoms with van der Waals surface area (Å²) < 4.78 is 0. The van der Waals surface area contributed by atoms with E-state index in [4.69, 9.17) is 5.26 Å². The number of hydrogen-bond donors (Lipinski definition) is 1. The molecule has 0 radical (unpaired) electrons. The standard InChI is InChI=1S/C13H10N2OS/c14-8-10-3-1-4-11(7-10)9-15-13(16)12-5-2-6-17-12/h1-7H,9H2,(H,15,16). The van der Waals surface area contributed by atoms with Gasteiger partial charge in [-0.1, -0.05) is 18.2 Å². The van der Waals surface area contributed by atoms with E-state index in [1.807, 2.05) is 23.6 Å². The Bertz CT molecular complexity index is 555. The zero-order valence-corrected chi connectivity index (χ0v) is 9.83. The lowest BCUT2D eigenvalue weighted by molar-refractivity contribution is 0.0955. The van der Waals surface area contributed by atoms with Crippen LogP contribution in [0.3, 0.4) is 0 Å². The number of thiophene rings is 1. The molecule has 0 saturated heterocycles. The molecule has 4 heteroatoms. The Morgan fingerprint density at radius 2 is 2.24 bits per heavy atom. The first-order valence-corrected chi connectivity index (χ1v) is 5.98. The molecular weight excluding hydrogens is 232 g/mol. The number of benzene rings is 1. The summed E-state index contributed by atoms with van der Waals surface area (Å²) in [6, 6.07) is 12.9. The smallest absolute Gasteiger partial charge is 0.261 e. The number of hydrogen-bond acceptors (Lipinski definition) is 3. The molecular formula is C13H10N2OS.